The summed E-state index contributed by atoms with van der Waals surface area (Å²) in [4.78, 5) is 20.5. The number of anilines is 1. The molecule has 0 radical (unpaired) electrons. The minimum atomic E-state index is -0.254. The third-order valence-electron chi connectivity index (χ3n) is 4.88. The van der Waals surface area contributed by atoms with Crippen LogP contribution in [-0.2, 0) is 12.8 Å². The number of carbonyl (C=O) groups is 1. The fourth-order valence-corrected chi connectivity index (χ4v) is 3.39. The van der Waals surface area contributed by atoms with Crippen molar-refractivity contribution in [2.75, 3.05) is 5.32 Å². The van der Waals surface area contributed by atoms with E-state index in [1.54, 1.807) is 29.3 Å². The van der Waals surface area contributed by atoms with Crippen LogP contribution in [0.3, 0.4) is 0 Å². The Kier molecular flexibility index (Phi) is 4.82. The van der Waals surface area contributed by atoms with E-state index in [1.807, 2.05) is 6.92 Å². The Morgan fingerprint density at radius 3 is 2.74 bits per heavy atom. The number of nitrogens with one attached hydrogen (secondary N) is 2. The Morgan fingerprint density at radius 2 is 2.00 bits per heavy atom. The largest absolute Gasteiger partial charge is 0.331 e. The molecular weight excluding hydrogens is 340 g/mol. The van der Waals surface area contributed by atoms with E-state index in [4.69, 9.17) is 0 Å². The number of urea groups is 1. The maximum atomic E-state index is 12.3. The molecule has 1 atom stereocenters. The Labute approximate surface area is 157 Å². The predicted octanol–water partition coefficient (Wildman–Crippen LogP) is 3.42. The molecule has 2 aromatic heterocycles. The zero-order valence-corrected chi connectivity index (χ0v) is 15.2. The first-order valence-corrected chi connectivity index (χ1v) is 9.19. The van der Waals surface area contributed by atoms with Crippen LogP contribution in [0.5, 0.6) is 0 Å². The third-order valence-corrected chi connectivity index (χ3v) is 4.88. The van der Waals surface area contributed by atoms with Crippen LogP contribution in [0.25, 0.3) is 5.82 Å². The number of aromatic nitrogens is 4. The molecule has 1 aliphatic carbocycles. The lowest BCUT2D eigenvalue weighted by Gasteiger charge is -2.20. The monoisotopic (exact) mass is 362 g/mol. The molecule has 7 nitrogen and oxygen atoms in total. The normalized spacial score (nSPS) is 14.3. The second kappa shape index (κ2) is 7.57. The van der Waals surface area contributed by atoms with Crippen molar-refractivity contribution >= 4 is 11.7 Å². The number of fused-ring (bicyclic) bond motifs is 1. The van der Waals surface area contributed by atoms with Gasteiger partial charge in [-0.05, 0) is 61.4 Å². The number of rotatable bonds is 4. The summed E-state index contributed by atoms with van der Waals surface area (Å²) in [6.07, 6.45) is 9.43. The predicted molar refractivity (Wildman–Crippen MR) is 103 cm³/mol. The summed E-state index contributed by atoms with van der Waals surface area (Å²) < 4.78 is 1.56. The van der Waals surface area contributed by atoms with Gasteiger partial charge in [-0.15, -0.1) is 0 Å². The second-order valence-corrected chi connectivity index (χ2v) is 6.80. The Morgan fingerprint density at radius 1 is 1.15 bits per heavy atom. The van der Waals surface area contributed by atoms with Crippen molar-refractivity contribution in [3.05, 3.63) is 65.9 Å². The van der Waals surface area contributed by atoms with Crippen LogP contribution in [0.1, 0.15) is 42.5 Å². The van der Waals surface area contributed by atoms with Gasteiger partial charge in [0.15, 0.2) is 5.82 Å². The van der Waals surface area contributed by atoms with E-state index in [1.165, 1.54) is 30.3 Å². The van der Waals surface area contributed by atoms with Gasteiger partial charge in [-0.3, -0.25) is 0 Å². The molecule has 4 rings (SSSR count). The van der Waals surface area contributed by atoms with Gasteiger partial charge in [-0.2, -0.15) is 5.10 Å². The summed E-state index contributed by atoms with van der Waals surface area (Å²) in [7, 11) is 0. The molecule has 27 heavy (non-hydrogen) atoms. The molecule has 0 saturated heterocycles. The van der Waals surface area contributed by atoms with Gasteiger partial charge in [-0.25, -0.2) is 19.4 Å². The van der Waals surface area contributed by atoms with Crippen molar-refractivity contribution in [2.45, 2.75) is 38.6 Å². The number of aryl methyl sites for hydroxylation is 2. The maximum absolute atomic E-state index is 12.3. The van der Waals surface area contributed by atoms with Gasteiger partial charge in [0.2, 0.25) is 0 Å². The van der Waals surface area contributed by atoms with E-state index in [2.05, 4.69) is 43.9 Å². The summed E-state index contributed by atoms with van der Waals surface area (Å²) in [6, 6.07) is 9.78. The van der Waals surface area contributed by atoms with Crippen LogP contribution in [0.4, 0.5) is 10.5 Å². The Bertz CT molecular complexity index is 920. The molecule has 0 bridgehead atoms. The molecule has 0 fully saturated rings. The molecule has 138 valence electrons. The first-order chi connectivity index (χ1) is 13.2. The van der Waals surface area contributed by atoms with E-state index in [0.29, 0.717) is 11.5 Å². The number of carbonyl (C=O) groups excluding carboxylic acids is 1. The number of nitrogens with zero attached hydrogens (tertiary/aromatic N) is 4. The van der Waals surface area contributed by atoms with Crippen molar-refractivity contribution < 1.29 is 4.79 Å². The maximum Gasteiger partial charge on any atom is 0.319 e. The van der Waals surface area contributed by atoms with Crippen LogP contribution in [0.2, 0.25) is 0 Å². The molecule has 3 aromatic rings. The van der Waals surface area contributed by atoms with Crippen LogP contribution < -0.4 is 10.6 Å². The molecule has 1 aromatic carbocycles. The molecule has 1 unspecified atom stereocenters. The smallest absolute Gasteiger partial charge is 0.319 e. The fraction of sp³-hybridized carbons (Fsp3) is 0.300. The first kappa shape index (κ1) is 17.2. The SMILES string of the molecule is CC(NC(=O)Nc1ccc(-n2cncn2)nc1)c1ccc2c(c1)CCCC2. The summed E-state index contributed by atoms with van der Waals surface area (Å²) >= 11 is 0. The summed E-state index contributed by atoms with van der Waals surface area (Å²) in [5.41, 5.74) is 4.61. The van der Waals surface area contributed by atoms with Crippen molar-refractivity contribution in [1.82, 2.24) is 25.1 Å². The average molecular weight is 362 g/mol. The average Bonchev–Trinajstić information content (AvgIpc) is 3.23. The molecule has 0 aliphatic heterocycles. The first-order valence-electron chi connectivity index (χ1n) is 9.19. The minimum Gasteiger partial charge on any atom is -0.331 e. The van der Waals surface area contributed by atoms with Gasteiger partial charge in [0.25, 0.3) is 0 Å². The van der Waals surface area contributed by atoms with E-state index in [-0.39, 0.29) is 12.1 Å². The van der Waals surface area contributed by atoms with Gasteiger partial charge < -0.3 is 10.6 Å². The number of amides is 2. The van der Waals surface area contributed by atoms with Gasteiger partial charge >= 0.3 is 6.03 Å². The number of pyridine rings is 1. The Hall–Kier alpha value is -3.22. The highest BCUT2D eigenvalue weighted by Crippen LogP contribution is 2.24. The van der Waals surface area contributed by atoms with Crippen LogP contribution in [-0.4, -0.2) is 25.8 Å². The van der Waals surface area contributed by atoms with Crippen molar-refractivity contribution in [3.8, 4) is 5.82 Å². The van der Waals surface area contributed by atoms with Gasteiger partial charge in [0.1, 0.15) is 12.7 Å². The summed E-state index contributed by atoms with van der Waals surface area (Å²) in [5, 5.41) is 9.83. The summed E-state index contributed by atoms with van der Waals surface area (Å²) in [6.45, 7) is 2.00. The van der Waals surface area contributed by atoms with Gasteiger partial charge in [-0.1, -0.05) is 18.2 Å². The van der Waals surface area contributed by atoms with Gasteiger partial charge in [0, 0.05) is 0 Å². The highest BCUT2D eigenvalue weighted by atomic mass is 16.2. The molecule has 0 saturated carbocycles. The molecule has 2 heterocycles. The van der Waals surface area contributed by atoms with Crippen LogP contribution in [0.15, 0.2) is 49.2 Å². The van der Waals surface area contributed by atoms with Crippen molar-refractivity contribution in [1.29, 1.82) is 0 Å². The van der Waals surface area contributed by atoms with E-state index >= 15 is 0 Å². The highest BCUT2D eigenvalue weighted by Gasteiger charge is 2.14. The number of hydrogen-bond acceptors (Lipinski definition) is 4. The minimum absolute atomic E-state index is 0.0698. The summed E-state index contributed by atoms with van der Waals surface area (Å²) in [5.74, 6) is 0.640. The second-order valence-electron chi connectivity index (χ2n) is 6.80. The number of hydrogen-bond donors (Lipinski definition) is 2. The molecule has 7 heteroatoms. The van der Waals surface area contributed by atoms with E-state index < -0.39 is 0 Å². The van der Waals surface area contributed by atoms with Crippen molar-refractivity contribution in [3.63, 3.8) is 0 Å². The lowest BCUT2D eigenvalue weighted by Crippen LogP contribution is -2.31. The quantitative estimate of drug-likeness (QED) is 0.745. The lowest BCUT2D eigenvalue weighted by atomic mass is 9.89. The van der Waals surface area contributed by atoms with E-state index in [0.717, 1.165) is 18.4 Å². The van der Waals surface area contributed by atoms with E-state index in [9.17, 15) is 4.79 Å². The lowest BCUT2D eigenvalue weighted by molar-refractivity contribution is 0.249. The van der Waals surface area contributed by atoms with Crippen LogP contribution >= 0.6 is 0 Å². The standard InChI is InChI=1S/C20H22N6O/c1-14(16-7-6-15-4-2-3-5-17(15)10-16)24-20(27)25-18-8-9-19(22-11-18)26-13-21-12-23-26/h6-14H,2-5H2,1H3,(H2,24,25,27). The van der Waals surface area contributed by atoms with Crippen molar-refractivity contribution in [2.24, 2.45) is 0 Å². The molecule has 1 aliphatic rings. The molecule has 2 amide bonds. The fourth-order valence-electron chi connectivity index (χ4n) is 3.39. The third kappa shape index (κ3) is 3.97. The van der Waals surface area contributed by atoms with Crippen LogP contribution in [0, 0.1) is 0 Å². The topological polar surface area (TPSA) is 84.7 Å². The highest BCUT2D eigenvalue weighted by molar-refractivity contribution is 5.89. The molecule has 0 spiro atoms. The van der Waals surface area contributed by atoms with Gasteiger partial charge in [0.05, 0.1) is 17.9 Å². The number of benzene rings is 1. The molecule has 2 N–H and O–H groups in total. The molecular formula is C20H22N6O. The zero-order valence-electron chi connectivity index (χ0n) is 15.2. The Balaban J connectivity index is 1.37. The zero-order chi connectivity index (χ0) is 18.6.